The quantitative estimate of drug-likeness (QED) is 0.577. The molecule has 5 heteroatoms. The monoisotopic (exact) mass is 329 g/mol. The molecule has 5 nitrogen and oxygen atoms in total. The molecule has 25 heavy (non-hydrogen) atoms. The van der Waals surface area contributed by atoms with Gasteiger partial charge in [0.15, 0.2) is 0 Å². The Labute approximate surface area is 145 Å². The molecule has 0 bridgehead atoms. The summed E-state index contributed by atoms with van der Waals surface area (Å²) in [6.07, 6.45) is 1.77. The fraction of sp³-hybridized carbons (Fsp3) is 0.0500. The number of anilines is 1. The molecule has 0 unspecified atom stereocenters. The third kappa shape index (κ3) is 3.82. The lowest BCUT2D eigenvalue weighted by molar-refractivity contribution is -0.112. The minimum absolute atomic E-state index is 0.317. The van der Waals surface area contributed by atoms with Crippen molar-refractivity contribution < 1.29 is 9.59 Å². The Bertz CT molecular complexity index is 952. The largest absolute Gasteiger partial charge is 0.340 e. The summed E-state index contributed by atoms with van der Waals surface area (Å²) in [6, 6.07) is 21.5. The molecule has 1 N–H and O–H groups in total. The summed E-state index contributed by atoms with van der Waals surface area (Å²) in [5.74, 6) is -1.36. The Morgan fingerprint density at radius 1 is 1.00 bits per heavy atom. The summed E-state index contributed by atoms with van der Waals surface area (Å²) in [5.41, 5.74) is 2.18. The van der Waals surface area contributed by atoms with E-state index < -0.39 is 11.7 Å². The van der Waals surface area contributed by atoms with Gasteiger partial charge in [0.25, 0.3) is 11.7 Å². The lowest BCUT2D eigenvalue weighted by atomic mass is 10.2. The first-order valence-electron chi connectivity index (χ1n) is 7.72. The SMILES string of the molecule is N#Cc1cccc(NC(=O)C(=O)c2cccn2Cc2ccccc2)c1. The van der Waals surface area contributed by atoms with Gasteiger partial charge in [-0.2, -0.15) is 5.26 Å². The molecule has 0 aliphatic rings. The Kier molecular flexibility index (Phi) is 4.72. The number of Topliss-reactive ketones (excluding diaryl/α,β-unsaturated/α-hetero) is 1. The molecule has 1 amide bonds. The second kappa shape index (κ2) is 7.28. The Morgan fingerprint density at radius 3 is 2.56 bits per heavy atom. The van der Waals surface area contributed by atoms with Gasteiger partial charge >= 0.3 is 0 Å². The Morgan fingerprint density at radius 2 is 1.80 bits per heavy atom. The van der Waals surface area contributed by atoms with E-state index in [0.29, 0.717) is 23.5 Å². The topological polar surface area (TPSA) is 74.9 Å². The van der Waals surface area contributed by atoms with Crippen molar-refractivity contribution in [2.45, 2.75) is 6.54 Å². The molecule has 0 saturated heterocycles. The van der Waals surface area contributed by atoms with E-state index in [1.165, 1.54) is 6.07 Å². The van der Waals surface area contributed by atoms with E-state index in [2.05, 4.69) is 5.32 Å². The number of amides is 1. The van der Waals surface area contributed by atoms with Crippen LogP contribution in [0.3, 0.4) is 0 Å². The van der Waals surface area contributed by atoms with Gasteiger partial charge in [-0.1, -0.05) is 36.4 Å². The molecule has 3 rings (SSSR count). The van der Waals surface area contributed by atoms with Gasteiger partial charge in [-0.05, 0) is 35.9 Å². The van der Waals surface area contributed by atoms with Gasteiger partial charge in [0, 0.05) is 18.4 Å². The minimum Gasteiger partial charge on any atom is -0.340 e. The highest BCUT2D eigenvalue weighted by Crippen LogP contribution is 2.12. The highest BCUT2D eigenvalue weighted by molar-refractivity contribution is 6.46. The van der Waals surface area contributed by atoms with Crippen LogP contribution in [-0.4, -0.2) is 16.3 Å². The van der Waals surface area contributed by atoms with Gasteiger partial charge in [-0.3, -0.25) is 9.59 Å². The first kappa shape index (κ1) is 16.2. The number of carbonyl (C=O) groups is 2. The molecule has 0 radical (unpaired) electrons. The van der Waals surface area contributed by atoms with Gasteiger partial charge in [0.05, 0.1) is 17.3 Å². The van der Waals surface area contributed by atoms with Crippen LogP contribution in [0.2, 0.25) is 0 Å². The Hall–Kier alpha value is -3.65. The molecular weight excluding hydrogens is 314 g/mol. The summed E-state index contributed by atoms with van der Waals surface area (Å²) in [6.45, 7) is 0.506. The van der Waals surface area contributed by atoms with Crippen LogP contribution in [0.25, 0.3) is 0 Å². The zero-order valence-corrected chi connectivity index (χ0v) is 13.3. The van der Waals surface area contributed by atoms with Crippen LogP contribution in [0, 0.1) is 11.3 Å². The smallest absolute Gasteiger partial charge is 0.298 e. The predicted octanol–water partition coefficient (Wildman–Crippen LogP) is 3.23. The lowest BCUT2D eigenvalue weighted by Crippen LogP contribution is -2.25. The highest BCUT2D eigenvalue weighted by atomic mass is 16.2. The number of hydrogen-bond donors (Lipinski definition) is 1. The van der Waals surface area contributed by atoms with E-state index >= 15 is 0 Å². The fourth-order valence-electron chi connectivity index (χ4n) is 2.51. The fourth-order valence-corrected chi connectivity index (χ4v) is 2.51. The standard InChI is InChI=1S/C20H15N3O2/c21-13-16-8-4-9-17(12-16)22-20(25)19(24)18-10-5-11-23(18)14-15-6-2-1-3-7-15/h1-12H,14H2,(H,22,25). The van der Waals surface area contributed by atoms with Gasteiger partial charge < -0.3 is 9.88 Å². The van der Waals surface area contributed by atoms with E-state index in [1.54, 1.807) is 41.1 Å². The molecule has 0 aliphatic carbocycles. The van der Waals surface area contributed by atoms with Gasteiger partial charge in [0.2, 0.25) is 0 Å². The molecular formula is C20H15N3O2. The maximum absolute atomic E-state index is 12.5. The number of carbonyl (C=O) groups excluding carboxylic acids is 2. The van der Waals surface area contributed by atoms with E-state index in [9.17, 15) is 9.59 Å². The van der Waals surface area contributed by atoms with Crippen molar-refractivity contribution in [1.29, 1.82) is 5.26 Å². The zero-order valence-electron chi connectivity index (χ0n) is 13.3. The summed E-state index contributed by atoms with van der Waals surface area (Å²) in [4.78, 5) is 24.7. The molecule has 122 valence electrons. The zero-order chi connectivity index (χ0) is 17.6. The van der Waals surface area contributed by atoms with Crippen LogP contribution in [0.5, 0.6) is 0 Å². The molecule has 0 spiro atoms. The van der Waals surface area contributed by atoms with E-state index in [1.807, 2.05) is 36.4 Å². The number of ketones is 1. The third-order valence-electron chi connectivity index (χ3n) is 3.71. The maximum atomic E-state index is 12.5. The van der Waals surface area contributed by atoms with E-state index in [4.69, 9.17) is 5.26 Å². The van der Waals surface area contributed by atoms with Gasteiger partial charge in [0.1, 0.15) is 0 Å². The van der Waals surface area contributed by atoms with E-state index in [0.717, 1.165) is 5.56 Å². The van der Waals surface area contributed by atoms with Crippen LogP contribution >= 0.6 is 0 Å². The first-order chi connectivity index (χ1) is 12.2. The first-order valence-corrected chi connectivity index (χ1v) is 7.72. The molecule has 1 heterocycles. The average Bonchev–Trinajstić information content (AvgIpc) is 3.10. The molecule has 0 aliphatic heterocycles. The van der Waals surface area contributed by atoms with Crippen molar-refractivity contribution in [3.8, 4) is 6.07 Å². The predicted molar refractivity (Wildman–Crippen MR) is 94.1 cm³/mol. The lowest BCUT2D eigenvalue weighted by Gasteiger charge is -2.09. The van der Waals surface area contributed by atoms with Gasteiger partial charge in [-0.15, -0.1) is 0 Å². The van der Waals surface area contributed by atoms with Crippen molar-refractivity contribution in [3.05, 3.63) is 89.7 Å². The summed E-state index contributed by atoms with van der Waals surface area (Å²) >= 11 is 0. The Balaban J connectivity index is 1.76. The summed E-state index contributed by atoms with van der Waals surface area (Å²) in [7, 11) is 0. The van der Waals surface area contributed by atoms with Crippen molar-refractivity contribution in [2.24, 2.45) is 0 Å². The number of rotatable bonds is 5. The second-order valence-electron chi connectivity index (χ2n) is 5.48. The van der Waals surface area contributed by atoms with Crippen molar-refractivity contribution in [2.75, 3.05) is 5.32 Å². The number of nitrogens with one attached hydrogen (secondary N) is 1. The minimum atomic E-state index is -0.733. The second-order valence-corrected chi connectivity index (χ2v) is 5.48. The number of hydrogen-bond acceptors (Lipinski definition) is 3. The summed E-state index contributed by atoms with van der Waals surface area (Å²) < 4.78 is 1.74. The molecule has 0 atom stereocenters. The van der Waals surface area contributed by atoms with Crippen molar-refractivity contribution in [3.63, 3.8) is 0 Å². The van der Waals surface area contributed by atoms with Crippen LogP contribution in [0.4, 0.5) is 5.69 Å². The molecule has 0 fully saturated rings. The molecule has 1 aromatic heterocycles. The van der Waals surface area contributed by atoms with E-state index in [-0.39, 0.29) is 0 Å². The van der Waals surface area contributed by atoms with Crippen LogP contribution in [-0.2, 0) is 11.3 Å². The highest BCUT2D eigenvalue weighted by Gasteiger charge is 2.20. The molecule has 3 aromatic rings. The summed E-state index contributed by atoms with van der Waals surface area (Å²) in [5, 5.41) is 11.4. The average molecular weight is 329 g/mol. The van der Waals surface area contributed by atoms with Crippen LogP contribution in [0.1, 0.15) is 21.6 Å². The third-order valence-corrected chi connectivity index (χ3v) is 3.71. The number of nitrogens with zero attached hydrogens (tertiary/aromatic N) is 2. The number of nitriles is 1. The number of benzene rings is 2. The van der Waals surface area contributed by atoms with Crippen molar-refractivity contribution in [1.82, 2.24) is 4.57 Å². The molecule has 2 aromatic carbocycles. The van der Waals surface area contributed by atoms with Crippen LogP contribution < -0.4 is 5.32 Å². The van der Waals surface area contributed by atoms with Gasteiger partial charge in [-0.25, -0.2) is 0 Å². The maximum Gasteiger partial charge on any atom is 0.298 e. The van der Waals surface area contributed by atoms with Crippen LogP contribution in [0.15, 0.2) is 72.9 Å². The van der Waals surface area contributed by atoms with Crippen molar-refractivity contribution >= 4 is 17.4 Å². The normalized spacial score (nSPS) is 10.0. The molecule has 0 saturated carbocycles. The number of aromatic nitrogens is 1.